The molecule has 7 heteroatoms. The molecule has 0 aromatic heterocycles. The van der Waals surface area contributed by atoms with E-state index in [4.69, 9.17) is 15.2 Å². The molecule has 1 unspecified atom stereocenters. The number of hydrogen-bond acceptors (Lipinski definition) is 7. The zero-order chi connectivity index (χ0) is 13.2. The van der Waals surface area contributed by atoms with Crippen molar-refractivity contribution in [3.63, 3.8) is 0 Å². The van der Waals surface area contributed by atoms with Crippen LogP contribution >= 0.6 is 0 Å². The van der Waals surface area contributed by atoms with E-state index >= 15 is 0 Å². The van der Waals surface area contributed by atoms with E-state index in [1.54, 1.807) is 0 Å². The van der Waals surface area contributed by atoms with Gasteiger partial charge in [0.05, 0.1) is 0 Å². The van der Waals surface area contributed by atoms with Gasteiger partial charge in [0.2, 0.25) is 12.8 Å². The van der Waals surface area contributed by atoms with E-state index in [0.717, 1.165) is 17.1 Å². The van der Waals surface area contributed by atoms with Crippen LogP contribution in [0, 0.1) is 0 Å². The lowest BCUT2D eigenvalue weighted by molar-refractivity contribution is 0.174. The molecule has 1 aromatic carbocycles. The first kappa shape index (κ1) is 11.6. The topological polar surface area (TPSA) is 93.3 Å². The summed E-state index contributed by atoms with van der Waals surface area (Å²) in [6.07, 6.45) is -0.166. The molecule has 0 aliphatic carbocycles. The number of fused-ring (bicyclic) bond motifs is 1. The van der Waals surface area contributed by atoms with Crippen LogP contribution in [0.25, 0.3) is 0 Å². The van der Waals surface area contributed by atoms with Crippen LogP contribution in [0.2, 0.25) is 0 Å². The molecule has 1 aromatic rings. The molecule has 0 bridgehead atoms. The minimum atomic E-state index is -0.166. The van der Waals surface area contributed by atoms with Gasteiger partial charge in [0.1, 0.15) is 6.17 Å². The van der Waals surface area contributed by atoms with Crippen LogP contribution in [-0.2, 0) is 6.54 Å². The van der Waals surface area contributed by atoms with Gasteiger partial charge in [0.25, 0.3) is 0 Å². The fourth-order valence-electron chi connectivity index (χ4n) is 1.93. The molecular formula is C12H15N5O2. The van der Waals surface area contributed by atoms with Crippen LogP contribution < -0.4 is 25.8 Å². The molecule has 19 heavy (non-hydrogen) atoms. The van der Waals surface area contributed by atoms with E-state index in [0.29, 0.717) is 18.5 Å². The zero-order valence-corrected chi connectivity index (χ0v) is 10.5. The highest BCUT2D eigenvalue weighted by Crippen LogP contribution is 2.32. The molecule has 2 aliphatic rings. The molecule has 0 saturated heterocycles. The van der Waals surface area contributed by atoms with Gasteiger partial charge in [0.15, 0.2) is 17.5 Å². The first-order valence-corrected chi connectivity index (χ1v) is 6.01. The molecule has 0 fully saturated rings. The van der Waals surface area contributed by atoms with Crippen LogP contribution in [0.15, 0.2) is 28.2 Å². The third-order valence-corrected chi connectivity index (χ3v) is 2.79. The summed E-state index contributed by atoms with van der Waals surface area (Å²) in [6, 6.07) is 5.82. The minimum absolute atomic E-state index is 0.166. The molecule has 0 radical (unpaired) electrons. The number of benzene rings is 1. The Morgan fingerprint density at radius 3 is 3.05 bits per heavy atom. The number of nitrogens with zero attached hydrogens (tertiary/aromatic N) is 2. The third kappa shape index (κ3) is 2.54. The van der Waals surface area contributed by atoms with Crippen molar-refractivity contribution in [3.8, 4) is 11.5 Å². The second-order valence-corrected chi connectivity index (χ2v) is 4.29. The number of aliphatic imine (C=N–C) groups is 2. The maximum absolute atomic E-state index is 5.64. The quantitative estimate of drug-likeness (QED) is 0.703. The normalized spacial score (nSPS) is 20.4. The highest BCUT2D eigenvalue weighted by Gasteiger charge is 2.14. The number of rotatable bonds is 2. The van der Waals surface area contributed by atoms with Crippen molar-refractivity contribution in [1.29, 1.82) is 0 Å². The smallest absolute Gasteiger partial charge is 0.231 e. The summed E-state index contributed by atoms with van der Waals surface area (Å²) in [6.45, 7) is 2.77. The maximum Gasteiger partial charge on any atom is 0.231 e. The summed E-state index contributed by atoms with van der Waals surface area (Å²) in [5, 5.41) is 6.05. The second-order valence-electron chi connectivity index (χ2n) is 4.29. The van der Waals surface area contributed by atoms with Gasteiger partial charge in [-0.15, -0.1) is 0 Å². The molecular weight excluding hydrogens is 246 g/mol. The van der Waals surface area contributed by atoms with E-state index in [1.165, 1.54) is 0 Å². The van der Waals surface area contributed by atoms with Crippen LogP contribution in [0.3, 0.4) is 0 Å². The third-order valence-electron chi connectivity index (χ3n) is 2.79. The number of ether oxygens (including phenoxy) is 2. The van der Waals surface area contributed by atoms with Gasteiger partial charge >= 0.3 is 0 Å². The van der Waals surface area contributed by atoms with Gasteiger partial charge in [-0.3, -0.25) is 5.32 Å². The predicted octanol–water partition coefficient (Wildman–Crippen LogP) is 0.125. The number of nitrogens with one attached hydrogen (secondary N) is 2. The summed E-state index contributed by atoms with van der Waals surface area (Å²) in [5.74, 6) is 2.54. The monoisotopic (exact) mass is 261 g/mol. The Hall–Kier alpha value is -2.44. The Morgan fingerprint density at radius 2 is 2.21 bits per heavy atom. The molecule has 7 nitrogen and oxygen atoms in total. The van der Waals surface area contributed by atoms with Crippen molar-refractivity contribution in [1.82, 2.24) is 10.6 Å². The number of hydrogen-bond donors (Lipinski definition) is 3. The van der Waals surface area contributed by atoms with Gasteiger partial charge < -0.3 is 20.5 Å². The van der Waals surface area contributed by atoms with Crippen molar-refractivity contribution in [2.75, 3.05) is 6.79 Å². The van der Waals surface area contributed by atoms with Crippen LogP contribution in [0.5, 0.6) is 11.5 Å². The average Bonchev–Trinajstić information content (AvgIpc) is 2.82. The lowest BCUT2D eigenvalue weighted by Crippen LogP contribution is -2.47. The van der Waals surface area contributed by atoms with Crippen molar-refractivity contribution in [2.24, 2.45) is 15.7 Å². The Balaban J connectivity index is 1.64. The van der Waals surface area contributed by atoms with Gasteiger partial charge in [-0.1, -0.05) is 6.07 Å². The highest BCUT2D eigenvalue weighted by molar-refractivity contribution is 5.99. The van der Waals surface area contributed by atoms with E-state index < -0.39 is 0 Å². The first-order chi connectivity index (χ1) is 9.20. The van der Waals surface area contributed by atoms with Crippen molar-refractivity contribution >= 4 is 11.9 Å². The molecule has 100 valence electrons. The van der Waals surface area contributed by atoms with Crippen molar-refractivity contribution in [2.45, 2.75) is 19.6 Å². The minimum Gasteiger partial charge on any atom is -0.454 e. The molecule has 2 heterocycles. The molecule has 4 N–H and O–H groups in total. The largest absolute Gasteiger partial charge is 0.454 e. The van der Waals surface area contributed by atoms with Gasteiger partial charge in [-0.2, -0.15) is 0 Å². The van der Waals surface area contributed by atoms with Gasteiger partial charge in [-0.05, 0) is 24.6 Å². The lowest BCUT2D eigenvalue weighted by Gasteiger charge is -2.17. The summed E-state index contributed by atoms with van der Waals surface area (Å²) in [7, 11) is 0. The SMILES string of the molecule is CC1N=C(N)NC(NCc2ccc3c(c2)OCO3)=N1. The number of nitrogens with two attached hydrogens (primary N) is 1. The Labute approximate surface area is 110 Å². The fourth-order valence-corrected chi connectivity index (χ4v) is 1.93. The number of guanidine groups is 2. The maximum atomic E-state index is 5.64. The first-order valence-electron chi connectivity index (χ1n) is 6.01. The highest BCUT2D eigenvalue weighted by atomic mass is 16.7. The zero-order valence-electron chi connectivity index (χ0n) is 10.5. The van der Waals surface area contributed by atoms with Gasteiger partial charge in [-0.25, -0.2) is 9.98 Å². The summed E-state index contributed by atoms with van der Waals surface area (Å²) < 4.78 is 10.6. The summed E-state index contributed by atoms with van der Waals surface area (Å²) >= 11 is 0. The Morgan fingerprint density at radius 1 is 1.37 bits per heavy atom. The Bertz CT molecular complexity index is 555. The second kappa shape index (κ2) is 4.68. The molecule has 0 saturated carbocycles. The Kier molecular flexibility index (Phi) is 2.86. The van der Waals surface area contributed by atoms with E-state index in [-0.39, 0.29) is 13.0 Å². The summed E-state index contributed by atoms with van der Waals surface area (Å²) in [5.41, 5.74) is 6.71. The molecule has 1 atom stereocenters. The van der Waals surface area contributed by atoms with E-state index in [2.05, 4.69) is 20.6 Å². The predicted molar refractivity (Wildman–Crippen MR) is 71.1 cm³/mol. The van der Waals surface area contributed by atoms with Crippen molar-refractivity contribution < 1.29 is 9.47 Å². The van der Waals surface area contributed by atoms with E-state index in [9.17, 15) is 0 Å². The molecule has 0 amide bonds. The molecule has 2 aliphatic heterocycles. The molecule has 3 rings (SSSR count). The fraction of sp³-hybridized carbons (Fsp3) is 0.333. The van der Waals surface area contributed by atoms with Crippen molar-refractivity contribution in [3.05, 3.63) is 23.8 Å². The van der Waals surface area contributed by atoms with Crippen LogP contribution in [-0.4, -0.2) is 24.9 Å². The average molecular weight is 261 g/mol. The lowest BCUT2D eigenvalue weighted by atomic mass is 10.2. The van der Waals surface area contributed by atoms with Gasteiger partial charge in [0, 0.05) is 6.54 Å². The standard InChI is InChI=1S/C12H15N5O2/c1-7-15-11(13)17-12(16-7)14-5-8-2-3-9-10(4-8)19-6-18-9/h2-4,7H,5-6H2,1H3,(H4,13,14,15,16,17). The van der Waals surface area contributed by atoms with Crippen LogP contribution in [0.1, 0.15) is 12.5 Å². The summed E-state index contributed by atoms with van der Waals surface area (Å²) in [4.78, 5) is 8.35. The van der Waals surface area contributed by atoms with Crippen LogP contribution in [0.4, 0.5) is 0 Å². The molecule has 0 spiro atoms. The van der Waals surface area contributed by atoms with E-state index in [1.807, 2.05) is 25.1 Å².